The number of aromatic hydroxyl groups is 1. The molecule has 0 heterocycles. The van der Waals surface area contributed by atoms with E-state index in [1.165, 1.54) is 14.2 Å². The number of hydrogen-bond acceptors (Lipinski definition) is 4. The zero-order valence-corrected chi connectivity index (χ0v) is 10.5. The largest absolute Gasteiger partial charge is 0.505 e. The van der Waals surface area contributed by atoms with Crippen molar-refractivity contribution in [3.8, 4) is 17.2 Å². The molecular formula is C12H18FNO3. The average molecular weight is 243 g/mol. The predicted molar refractivity (Wildman–Crippen MR) is 63.1 cm³/mol. The number of rotatable bonds is 4. The molecule has 0 amide bonds. The van der Waals surface area contributed by atoms with Gasteiger partial charge in [-0.3, -0.25) is 0 Å². The third-order valence-electron chi connectivity index (χ3n) is 2.32. The van der Waals surface area contributed by atoms with Crippen LogP contribution in [0.25, 0.3) is 0 Å². The maximum absolute atomic E-state index is 13.5. The first-order chi connectivity index (χ1) is 7.80. The molecule has 0 aliphatic heterocycles. The molecule has 96 valence electrons. The Labute approximate surface area is 100 Å². The van der Waals surface area contributed by atoms with E-state index in [9.17, 15) is 9.50 Å². The summed E-state index contributed by atoms with van der Waals surface area (Å²) in [7, 11) is 2.84. The number of phenols is 1. The molecule has 17 heavy (non-hydrogen) atoms. The van der Waals surface area contributed by atoms with Crippen LogP contribution in [-0.4, -0.2) is 24.9 Å². The predicted octanol–water partition coefficient (Wildman–Crippen LogP) is 1.83. The van der Waals surface area contributed by atoms with Crippen LogP contribution in [0.2, 0.25) is 0 Å². The smallest absolute Gasteiger partial charge is 0.169 e. The van der Waals surface area contributed by atoms with Crippen LogP contribution in [0.3, 0.4) is 0 Å². The molecule has 5 heteroatoms. The Morgan fingerprint density at radius 3 is 2.35 bits per heavy atom. The molecule has 1 rings (SSSR count). The van der Waals surface area contributed by atoms with Crippen LogP contribution in [0.4, 0.5) is 4.39 Å². The molecule has 0 saturated carbocycles. The van der Waals surface area contributed by atoms with Crippen LogP contribution in [0.15, 0.2) is 6.07 Å². The number of phenolic OH excluding ortho intramolecular Hbond substituents is 1. The fourth-order valence-electron chi connectivity index (χ4n) is 1.64. The second-order valence-corrected chi connectivity index (χ2v) is 4.59. The van der Waals surface area contributed by atoms with Crippen LogP contribution in [0.1, 0.15) is 19.4 Å². The standard InChI is InChI=1S/C12H18FNO3/c1-12(2,14)6-7-10(15)8(13)5-9(16-3)11(7)17-4/h5,15H,6,14H2,1-4H3. The SMILES string of the molecule is COc1cc(F)c(O)c(CC(C)(C)N)c1OC. The maximum atomic E-state index is 13.5. The van der Waals surface area contributed by atoms with Crippen LogP contribution < -0.4 is 15.2 Å². The Kier molecular flexibility index (Phi) is 3.83. The highest BCUT2D eigenvalue weighted by atomic mass is 19.1. The lowest BCUT2D eigenvalue weighted by atomic mass is 9.94. The van der Waals surface area contributed by atoms with Gasteiger partial charge in [0.1, 0.15) is 0 Å². The first-order valence-electron chi connectivity index (χ1n) is 5.21. The summed E-state index contributed by atoms with van der Waals surface area (Å²) >= 11 is 0. The molecule has 0 aliphatic rings. The molecule has 0 radical (unpaired) electrons. The number of hydrogen-bond donors (Lipinski definition) is 2. The van der Waals surface area contributed by atoms with E-state index in [1.807, 2.05) is 0 Å². The molecule has 0 unspecified atom stereocenters. The third-order valence-corrected chi connectivity index (χ3v) is 2.32. The number of nitrogens with two attached hydrogens (primary N) is 1. The van der Waals surface area contributed by atoms with Gasteiger partial charge in [0.2, 0.25) is 0 Å². The highest BCUT2D eigenvalue weighted by Gasteiger charge is 2.24. The van der Waals surface area contributed by atoms with E-state index in [2.05, 4.69) is 0 Å². The minimum atomic E-state index is -0.748. The average Bonchev–Trinajstić information content (AvgIpc) is 2.22. The molecule has 4 nitrogen and oxygen atoms in total. The Morgan fingerprint density at radius 2 is 1.94 bits per heavy atom. The first kappa shape index (κ1) is 13.6. The zero-order valence-electron chi connectivity index (χ0n) is 10.5. The normalized spacial score (nSPS) is 11.4. The topological polar surface area (TPSA) is 64.7 Å². The molecule has 0 spiro atoms. The summed E-state index contributed by atoms with van der Waals surface area (Å²) in [5, 5.41) is 9.73. The molecule has 3 N–H and O–H groups in total. The van der Waals surface area contributed by atoms with Gasteiger partial charge in [-0.1, -0.05) is 0 Å². The van der Waals surface area contributed by atoms with E-state index in [1.54, 1.807) is 13.8 Å². The van der Waals surface area contributed by atoms with Gasteiger partial charge in [-0.2, -0.15) is 0 Å². The summed E-state index contributed by atoms with van der Waals surface area (Å²) in [5.41, 5.74) is 5.59. The second-order valence-electron chi connectivity index (χ2n) is 4.59. The number of benzene rings is 1. The van der Waals surface area contributed by atoms with E-state index >= 15 is 0 Å². The van der Waals surface area contributed by atoms with Gasteiger partial charge in [0.25, 0.3) is 0 Å². The van der Waals surface area contributed by atoms with Crippen LogP contribution in [0, 0.1) is 5.82 Å². The molecule has 1 aromatic carbocycles. The minimum Gasteiger partial charge on any atom is -0.505 e. The molecule has 0 aliphatic carbocycles. The molecule has 0 bridgehead atoms. The Bertz CT molecular complexity index is 413. The summed E-state index contributed by atoms with van der Waals surface area (Å²) < 4.78 is 23.6. The van der Waals surface area contributed by atoms with Gasteiger partial charge in [-0.05, 0) is 20.3 Å². The number of methoxy groups -OCH3 is 2. The van der Waals surface area contributed by atoms with Crippen molar-refractivity contribution in [2.75, 3.05) is 14.2 Å². The van der Waals surface area contributed by atoms with E-state index < -0.39 is 17.1 Å². The Hall–Kier alpha value is -1.49. The fourth-order valence-corrected chi connectivity index (χ4v) is 1.64. The van der Waals surface area contributed by atoms with Crippen LogP contribution in [0.5, 0.6) is 17.2 Å². The molecular weight excluding hydrogens is 225 g/mol. The lowest BCUT2D eigenvalue weighted by Gasteiger charge is -2.22. The van der Waals surface area contributed by atoms with E-state index in [4.69, 9.17) is 15.2 Å². The summed E-state index contributed by atoms with van der Waals surface area (Å²) in [6.45, 7) is 3.56. The van der Waals surface area contributed by atoms with E-state index in [0.29, 0.717) is 11.3 Å². The van der Waals surface area contributed by atoms with Crippen molar-refractivity contribution in [1.29, 1.82) is 0 Å². The van der Waals surface area contributed by atoms with Crippen molar-refractivity contribution >= 4 is 0 Å². The minimum absolute atomic E-state index is 0.238. The first-order valence-corrected chi connectivity index (χ1v) is 5.21. The summed E-state index contributed by atoms with van der Waals surface area (Å²) in [6, 6.07) is 1.08. The van der Waals surface area contributed by atoms with Gasteiger partial charge in [0.05, 0.1) is 14.2 Å². The summed E-state index contributed by atoms with van der Waals surface area (Å²) in [4.78, 5) is 0. The summed E-state index contributed by atoms with van der Waals surface area (Å²) in [6.07, 6.45) is 0.274. The van der Waals surface area contributed by atoms with Crippen molar-refractivity contribution in [3.63, 3.8) is 0 Å². The van der Waals surface area contributed by atoms with Crippen LogP contribution >= 0.6 is 0 Å². The maximum Gasteiger partial charge on any atom is 0.169 e. The lowest BCUT2D eigenvalue weighted by Crippen LogP contribution is -2.34. The highest BCUT2D eigenvalue weighted by molar-refractivity contribution is 5.54. The molecule has 0 fully saturated rings. The van der Waals surface area contributed by atoms with Crippen molar-refractivity contribution in [2.24, 2.45) is 5.73 Å². The quantitative estimate of drug-likeness (QED) is 0.846. The van der Waals surface area contributed by atoms with Crippen LogP contribution in [-0.2, 0) is 6.42 Å². The van der Waals surface area contributed by atoms with E-state index in [0.717, 1.165) is 6.07 Å². The Balaban J connectivity index is 3.38. The third kappa shape index (κ3) is 3.00. The van der Waals surface area contributed by atoms with E-state index in [-0.39, 0.29) is 12.2 Å². The van der Waals surface area contributed by atoms with Gasteiger partial charge in [-0.25, -0.2) is 4.39 Å². The van der Waals surface area contributed by atoms with Gasteiger partial charge < -0.3 is 20.3 Å². The van der Waals surface area contributed by atoms with Gasteiger partial charge in [0, 0.05) is 17.2 Å². The van der Waals surface area contributed by atoms with Gasteiger partial charge in [0.15, 0.2) is 23.1 Å². The highest BCUT2D eigenvalue weighted by Crippen LogP contribution is 2.40. The fraction of sp³-hybridized carbons (Fsp3) is 0.500. The molecule has 0 atom stereocenters. The molecule has 1 aromatic rings. The van der Waals surface area contributed by atoms with Crippen molar-refractivity contribution in [2.45, 2.75) is 25.8 Å². The van der Waals surface area contributed by atoms with Gasteiger partial charge in [-0.15, -0.1) is 0 Å². The monoisotopic (exact) mass is 243 g/mol. The Morgan fingerprint density at radius 1 is 1.35 bits per heavy atom. The number of halogens is 1. The second kappa shape index (κ2) is 4.79. The number of ether oxygens (including phenoxy) is 2. The molecule has 0 saturated heterocycles. The van der Waals surface area contributed by atoms with Crippen molar-refractivity contribution in [3.05, 3.63) is 17.4 Å². The lowest BCUT2D eigenvalue weighted by molar-refractivity contribution is 0.334. The van der Waals surface area contributed by atoms with Crippen molar-refractivity contribution in [1.82, 2.24) is 0 Å². The summed E-state index contributed by atoms with van der Waals surface area (Å²) in [5.74, 6) is -0.643. The zero-order chi connectivity index (χ0) is 13.2. The van der Waals surface area contributed by atoms with Crippen molar-refractivity contribution < 1.29 is 19.0 Å². The molecule has 0 aromatic heterocycles. The van der Waals surface area contributed by atoms with Gasteiger partial charge >= 0.3 is 0 Å².